The number of benzene rings is 2. The van der Waals surface area contributed by atoms with E-state index in [1.165, 1.54) is 30.9 Å². The highest BCUT2D eigenvalue weighted by atomic mass is 32.2. The lowest BCUT2D eigenvalue weighted by atomic mass is 9.86. The molecule has 0 fully saturated rings. The Hall–Kier alpha value is -3.98. The van der Waals surface area contributed by atoms with Crippen LogP contribution in [-0.2, 0) is 22.0 Å². The van der Waals surface area contributed by atoms with E-state index in [-0.39, 0.29) is 29.9 Å². The zero-order valence-electron chi connectivity index (χ0n) is 25.5. The molecule has 11 heteroatoms. The van der Waals surface area contributed by atoms with Gasteiger partial charge in [0.05, 0.1) is 29.0 Å². The average Bonchev–Trinajstić information content (AvgIpc) is 2.98. The second kappa shape index (κ2) is 14.5. The number of carbonyl (C=O) groups excluding carboxylic acids is 1. The monoisotopic (exact) mass is 607 g/mol. The molecule has 3 aromatic rings. The van der Waals surface area contributed by atoms with Gasteiger partial charge < -0.3 is 20.5 Å². The fraction of sp³-hybridized carbons (Fsp3) is 0.406. The summed E-state index contributed by atoms with van der Waals surface area (Å²) in [6.45, 7) is 10.2. The van der Waals surface area contributed by atoms with Crippen molar-refractivity contribution in [2.24, 2.45) is 0 Å². The van der Waals surface area contributed by atoms with E-state index in [2.05, 4.69) is 54.6 Å². The van der Waals surface area contributed by atoms with Gasteiger partial charge in [0.1, 0.15) is 18.2 Å². The molecule has 0 radical (unpaired) electrons. The molecule has 3 rings (SSSR count). The molecule has 230 valence electrons. The van der Waals surface area contributed by atoms with Gasteiger partial charge in [-0.15, -0.1) is 0 Å². The van der Waals surface area contributed by atoms with Gasteiger partial charge in [-0.1, -0.05) is 51.1 Å². The first-order valence-corrected chi connectivity index (χ1v) is 15.6. The number of hydrogen-bond acceptors (Lipinski definition) is 8. The molecule has 10 nitrogen and oxygen atoms in total. The van der Waals surface area contributed by atoms with E-state index in [1.54, 1.807) is 38.1 Å². The molecule has 0 saturated heterocycles. The number of aromatic nitrogens is 1. The third-order valence-corrected chi connectivity index (χ3v) is 9.10. The number of aliphatic hydroxyl groups is 1. The first-order chi connectivity index (χ1) is 20.2. The maximum atomic E-state index is 13.3. The molecule has 0 aliphatic carbocycles. The number of ether oxygens (including phenoxy) is 1. The molecule has 0 aliphatic heterocycles. The van der Waals surface area contributed by atoms with Crippen LogP contribution in [0, 0.1) is 11.3 Å². The molecule has 0 bridgehead atoms. The SMILES string of the molecule is CC(C)S(=O)(=O)N(C)c1cc(C(=O)N[C@@H](COc2cccc(C#N)c2)[C@H](O)CNCc2cccc(C(C)(C)C)c2)ccn1. The van der Waals surface area contributed by atoms with Crippen LogP contribution in [-0.4, -0.2) is 62.0 Å². The van der Waals surface area contributed by atoms with Crippen molar-refractivity contribution < 1.29 is 23.1 Å². The van der Waals surface area contributed by atoms with Gasteiger partial charge in [0.15, 0.2) is 0 Å². The first-order valence-electron chi connectivity index (χ1n) is 14.1. The van der Waals surface area contributed by atoms with Crippen molar-refractivity contribution in [3.8, 4) is 11.8 Å². The molecule has 0 aliphatic rings. The van der Waals surface area contributed by atoms with Crippen molar-refractivity contribution >= 4 is 21.7 Å². The average molecular weight is 608 g/mol. The van der Waals surface area contributed by atoms with Crippen molar-refractivity contribution in [2.45, 2.75) is 64.0 Å². The molecule has 1 heterocycles. The topological polar surface area (TPSA) is 145 Å². The van der Waals surface area contributed by atoms with Gasteiger partial charge >= 0.3 is 0 Å². The number of hydrogen-bond donors (Lipinski definition) is 3. The van der Waals surface area contributed by atoms with Gasteiger partial charge in [-0.2, -0.15) is 5.26 Å². The summed E-state index contributed by atoms with van der Waals surface area (Å²) in [7, 11) is -2.26. The fourth-order valence-electron chi connectivity index (χ4n) is 4.17. The normalized spacial score (nSPS) is 13.2. The van der Waals surface area contributed by atoms with Gasteiger partial charge in [0.25, 0.3) is 5.91 Å². The Morgan fingerprint density at radius 1 is 1.12 bits per heavy atom. The molecule has 2 aromatic carbocycles. The van der Waals surface area contributed by atoms with E-state index in [9.17, 15) is 23.6 Å². The van der Waals surface area contributed by atoms with Crippen molar-refractivity contribution in [2.75, 3.05) is 24.5 Å². The van der Waals surface area contributed by atoms with Crippen LogP contribution in [0.4, 0.5) is 5.82 Å². The van der Waals surface area contributed by atoms with E-state index in [0.29, 0.717) is 17.9 Å². The third kappa shape index (κ3) is 9.25. The van der Waals surface area contributed by atoms with E-state index in [0.717, 1.165) is 9.87 Å². The predicted octanol–water partition coefficient (Wildman–Crippen LogP) is 3.75. The highest BCUT2D eigenvalue weighted by Gasteiger charge is 2.26. The van der Waals surface area contributed by atoms with E-state index in [4.69, 9.17) is 4.74 Å². The highest BCUT2D eigenvalue weighted by Crippen LogP contribution is 2.23. The minimum absolute atomic E-state index is 0.00565. The number of nitriles is 1. The molecule has 1 amide bonds. The Morgan fingerprint density at radius 3 is 2.51 bits per heavy atom. The van der Waals surface area contributed by atoms with E-state index in [1.807, 2.05) is 12.1 Å². The van der Waals surface area contributed by atoms with E-state index < -0.39 is 33.3 Å². The number of amides is 1. The van der Waals surface area contributed by atoms with Crippen LogP contribution in [0.15, 0.2) is 66.9 Å². The lowest BCUT2D eigenvalue weighted by molar-refractivity contribution is 0.0733. The van der Waals surface area contributed by atoms with Crippen molar-refractivity contribution in [1.29, 1.82) is 5.26 Å². The zero-order chi connectivity index (χ0) is 31.8. The molecule has 1 aromatic heterocycles. The van der Waals surface area contributed by atoms with Gasteiger partial charge in [0.2, 0.25) is 10.0 Å². The lowest BCUT2D eigenvalue weighted by Crippen LogP contribution is -2.50. The Labute approximate surface area is 254 Å². The molecule has 0 saturated carbocycles. The minimum atomic E-state index is -3.65. The second-order valence-corrected chi connectivity index (χ2v) is 14.2. The van der Waals surface area contributed by atoms with Crippen LogP contribution in [0.5, 0.6) is 5.75 Å². The standard InChI is InChI=1S/C32H41N5O5S/c1-22(2)43(40,41)37(6)30-17-25(13-14-35-30)31(39)36-28(21-42-27-12-8-9-23(16-27)18-33)29(38)20-34-19-24-10-7-11-26(15-24)32(3,4)5/h7-17,22,28-29,34,38H,19-21H2,1-6H3,(H,36,39)/t28-,29+/m0/s1. The smallest absolute Gasteiger partial charge is 0.251 e. The molecular formula is C32H41N5O5S. The largest absolute Gasteiger partial charge is 0.491 e. The summed E-state index contributed by atoms with van der Waals surface area (Å²) in [6.07, 6.45) is 0.318. The van der Waals surface area contributed by atoms with Crippen molar-refractivity contribution in [3.05, 3.63) is 89.1 Å². The Morgan fingerprint density at radius 2 is 1.84 bits per heavy atom. The minimum Gasteiger partial charge on any atom is -0.491 e. The first kappa shape index (κ1) is 33.5. The fourth-order valence-corrected chi connectivity index (χ4v) is 5.17. The number of sulfonamides is 1. The summed E-state index contributed by atoms with van der Waals surface area (Å²) < 4.78 is 32.2. The Balaban J connectivity index is 1.76. The van der Waals surface area contributed by atoms with E-state index >= 15 is 0 Å². The third-order valence-electron chi connectivity index (χ3n) is 6.96. The van der Waals surface area contributed by atoms with Crippen LogP contribution in [0.25, 0.3) is 0 Å². The zero-order valence-corrected chi connectivity index (χ0v) is 26.4. The maximum absolute atomic E-state index is 13.3. The molecule has 0 unspecified atom stereocenters. The van der Waals surface area contributed by atoms with Gasteiger partial charge in [0, 0.05) is 31.9 Å². The van der Waals surface area contributed by atoms with Gasteiger partial charge in [-0.05, 0) is 60.7 Å². The molecule has 43 heavy (non-hydrogen) atoms. The summed E-state index contributed by atoms with van der Waals surface area (Å²) in [5, 5.41) is 25.8. The predicted molar refractivity (Wildman–Crippen MR) is 167 cm³/mol. The summed E-state index contributed by atoms with van der Waals surface area (Å²) in [5.41, 5.74) is 2.86. The number of carbonyl (C=O) groups is 1. The number of nitrogens with one attached hydrogen (secondary N) is 2. The summed E-state index contributed by atoms with van der Waals surface area (Å²) >= 11 is 0. The Bertz CT molecular complexity index is 1550. The maximum Gasteiger partial charge on any atom is 0.251 e. The van der Waals surface area contributed by atoms with Gasteiger partial charge in [-0.25, -0.2) is 13.4 Å². The molecule has 2 atom stereocenters. The lowest BCUT2D eigenvalue weighted by Gasteiger charge is -2.25. The molecule has 3 N–H and O–H groups in total. The summed E-state index contributed by atoms with van der Waals surface area (Å²) in [4.78, 5) is 17.4. The number of anilines is 1. The number of nitrogens with zero attached hydrogens (tertiary/aromatic N) is 3. The summed E-state index contributed by atoms with van der Waals surface area (Å²) in [6, 6.07) is 18.9. The number of aliphatic hydroxyl groups excluding tert-OH is 1. The second-order valence-electron chi connectivity index (χ2n) is 11.6. The molecule has 0 spiro atoms. The Kier molecular flexibility index (Phi) is 11.3. The number of rotatable bonds is 13. The van der Waals surface area contributed by atoms with Crippen LogP contribution in [0.2, 0.25) is 0 Å². The van der Waals surface area contributed by atoms with Crippen LogP contribution < -0.4 is 19.7 Å². The van der Waals surface area contributed by atoms with Crippen LogP contribution in [0.1, 0.15) is 61.7 Å². The van der Waals surface area contributed by atoms with Crippen LogP contribution in [0.3, 0.4) is 0 Å². The van der Waals surface area contributed by atoms with Crippen LogP contribution >= 0.6 is 0 Å². The highest BCUT2D eigenvalue weighted by molar-refractivity contribution is 7.93. The quantitative estimate of drug-likeness (QED) is 0.267. The van der Waals surface area contributed by atoms with Crippen molar-refractivity contribution in [1.82, 2.24) is 15.6 Å². The summed E-state index contributed by atoms with van der Waals surface area (Å²) in [5.74, 6) is -0.0124. The molecular weight excluding hydrogens is 566 g/mol. The van der Waals surface area contributed by atoms with Gasteiger partial charge in [-0.3, -0.25) is 9.10 Å². The number of pyridine rings is 1. The van der Waals surface area contributed by atoms with Crippen molar-refractivity contribution in [3.63, 3.8) is 0 Å².